The second-order valence-electron chi connectivity index (χ2n) is 5.41. The summed E-state index contributed by atoms with van der Waals surface area (Å²) < 4.78 is 2.22. The molecule has 0 aliphatic heterocycles. The molecule has 1 amide bonds. The highest BCUT2D eigenvalue weighted by molar-refractivity contribution is 5.81. The molecular weight excluding hydrogens is 228 g/mol. The van der Waals surface area contributed by atoms with E-state index in [0.717, 1.165) is 12.8 Å². The molecule has 1 aromatic rings. The van der Waals surface area contributed by atoms with Crippen LogP contribution in [0.4, 0.5) is 0 Å². The molecule has 2 aliphatic carbocycles. The predicted molar refractivity (Wildman–Crippen MR) is 68.0 cm³/mol. The maximum atomic E-state index is 11.8. The van der Waals surface area contributed by atoms with Gasteiger partial charge in [0.2, 0.25) is 5.91 Å². The van der Waals surface area contributed by atoms with Gasteiger partial charge in [0.1, 0.15) is 0 Å². The Morgan fingerprint density at radius 2 is 2.28 bits per heavy atom. The molecule has 2 saturated carbocycles. The molecule has 98 valence electrons. The third kappa shape index (κ3) is 2.72. The number of carbonyl (C=O) groups excluding carboxylic acids is 1. The average molecular weight is 248 g/mol. The predicted octanol–water partition coefficient (Wildman–Crippen LogP) is 0.975. The SMILES string of the molecule is CC(NCc1cncn1C1CC1)C(=O)NC1CC1. The van der Waals surface area contributed by atoms with Gasteiger partial charge in [-0.2, -0.15) is 0 Å². The molecule has 3 rings (SSSR count). The highest BCUT2D eigenvalue weighted by Gasteiger charge is 2.27. The summed E-state index contributed by atoms with van der Waals surface area (Å²) in [7, 11) is 0. The van der Waals surface area contributed by atoms with E-state index in [2.05, 4.69) is 20.2 Å². The van der Waals surface area contributed by atoms with Crippen LogP contribution in [0.2, 0.25) is 0 Å². The van der Waals surface area contributed by atoms with Gasteiger partial charge in [-0.15, -0.1) is 0 Å². The van der Waals surface area contributed by atoms with Gasteiger partial charge < -0.3 is 15.2 Å². The lowest BCUT2D eigenvalue weighted by Crippen LogP contribution is -2.42. The van der Waals surface area contributed by atoms with Crippen molar-refractivity contribution in [1.82, 2.24) is 20.2 Å². The van der Waals surface area contributed by atoms with Gasteiger partial charge in [0.25, 0.3) is 0 Å². The Hall–Kier alpha value is -1.36. The third-order valence-corrected chi connectivity index (χ3v) is 3.59. The van der Waals surface area contributed by atoms with Crippen molar-refractivity contribution >= 4 is 5.91 Å². The molecule has 1 atom stereocenters. The summed E-state index contributed by atoms with van der Waals surface area (Å²) in [6, 6.07) is 0.923. The molecule has 2 N–H and O–H groups in total. The van der Waals surface area contributed by atoms with E-state index < -0.39 is 0 Å². The lowest BCUT2D eigenvalue weighted by Gasteiger charge is -2.14. The average Bonchev–Trinajstić information content (AvgIpc) is 3.28. The third-order valence-electron chi connectivity index (χ3n) is 3.59. The van der Waals surface area contributed by atoms with Crippen molar-refractivity contribution < 1.29 is 4.79 Å². The molecule has 2 fully saturated rings. The minimum Gasteiger partial charge on any atom is -0.352 e. The van der Waals surface area contributed by atoms with E-state index in [-0.39, 0.29) is 11.9 Å². The lowest BCUT2D eigenvalue weighted by atomic mass is 10.3. The molecule has 5 nitrogen and oxygen atoms in total. The standard InChI is InChI=1S/C13H20N4O/c1-9(13(18)16-10-2-3-10)15-7-12-6-14-8-17(12)11-4-5-11/h6,8-11,15H,2-5,7H2,1H3,(H,16,18). The van der Waals surface area contributed by atoms with Crippen molar-refractivity contribution in [1.29, 1.82) is 0 Å². The molecular formula is C13H20N4O. The Morgan fingerprint density at radius 3 is 2.94 bits per heavy atom. The van der Waals surface area contributed by atoms with E-state index in [1.54, 1.807) is 0 Å². The maximum absolute atomic E-state index is 11.8. The fraction of sp³-hybridized carbons (Fsp3) is 0.692. The number of rotatable bonds is 6. The quantitative estimate of drug-likeness (QED) is 0.789. The van der Waals surface area contributed by atoms with E-state index in [1.807, 2.05) is 19.4 Å². The molecule has 1 aromatic heterocycles. The normalized spacial score (nSPS) is 20.7. The minimum atomic E-state index is -0.145. The second-order valence-corrected chi connectivity index (χ2v) is 5.41. The van der Waals surface area contributed by atoms with E-state index >= 15 is 0 Å². The van der Waals surface area contributed by atoms with Gasteiger partial charge in [0, 0.05) is 24.8 Å². The van der Waals surface area contributed by atoms with Crippen molar-refractivity contribution in [2.24, 2.45) is 0 Å². The van der Waals surface area contributed by atoms with E-state index in [4.69, 9.17) is 0 Å². The maximum Gasteiger partial charge on any atom is 0.237 e. The van der Waals surface area contributed by atoms with Crippen LogP contribution in [0.5, 0.6) is 0 Å². The smallest absolute Gasteiger partial charge is 0.237 e. The Balaban J connectivity index is 1.50. The highest BCUT2D eigenvalue weighted by atomic mass is 16.2. The summed E-state index contributed by atoms with van der Waals surface area (Å²) >= 11 is 0. The zero-order valence-electron chi connectivity index (χ0n) is 10.7. The van der Waals surface area contributed by atoms with Crippen molar-refractivity contribution in [2.45, 2.75) is 57.3 Å². The number of nitrogens with one attached hydrogen (secondary N) is 2. The molecule has 2 aliphatic rings. The topological polar surface area (TPSA) is 59.0 Å². The summed E-state index contributed by atoms with van der Waals surface area (Å²) in [6.07, 6.45) is 8.54. The molecule has 1 unspecified atom stereocenters. The van der Waals surface area contributed by atoms with Crippen LogP contribution in [-0.2, 0) is 11.3 Å². The zero-order chi connectivity index (χ0) is 12.5. The van der Waals surface area contributed by atoms with Gasteiger partial charge in [-0.1, -0.05) is 0 Å². The van der Waals surface area contributed by atoms with Crippen molar-refractivity contribution in [2.75, 3.05) is 0 Å². The largest absolute Gasteiger partial charge is 0.352 e. The molecule has 0 radical (unpaired) electrons. The Bertz CT molecular complexity index is 434. The van der Waals surface area contributed by atoms with Crippen LogP contribution in [0.1, 0.15) is 44.3 Å². The van der Waals surface area contributed by atoms with Crippen LogP contribution in [0.25, 0.3) is 0 Å². The monoisotopic (exact) mass is 248 g/mol. The Morgan fingerprint density at radius 1 is 1.50 bits per heavy atom. The van der Waals surface area contributed by atoms with Crippen LogP contribution in [0.3, 0.4) is 0 Å². The summed E-state index contributed by atoms with van der Waals surface area (Å²) in [5.41, 5.74) is 1.17. The Labute approximate surface area is 107 Å². The van der Waals surface area contributed by atoms with Gasteiger partial charge in [0.15, 0.2) is 0 Å². The van der Waals surface area contributed by atoms with Crippen LogP contribution in [0.15, 0.2) is 12.5 Å². The fourth-order valence-corrected chi connectivity index (χ4v) is 2.05. The molecule has 1 heterocycles. The van der Waals surface area contributed by atoms with Crippen LogP contribution in [-0.4, -0.2) is 27.5 Å². The first kappa shape index (κ1) is 11.7. The second kappa shape index (κ2) is 4.72. The number of hydrogen-bond acceptors (Lipinski definition) is 3. The molecule has 5 heteroatoms. The van der Waals surface area contributed by atoms with E-state index in [9.17, 15) is 4.79 Å². The fourth-order valence-electron chi connectivity index (χ4n) is 2.05. The van der Waals surface area contributed by atoms with E-state index in [0.29, 0.717) is 18.6 Å². The van der Waals surface area contributed by atoms with Gasteiger partial charge >= 0.3 is 0 Å². The molecule has 18 heavy (non-hydrogen) atoms. The summed E-state index contributed by atoms with van der Waals surface area (Å²) in [6.45, 7) is 2.62. The van der Waals surface area contributed by atoms with Gasteiger partial charge in [-0.05, 0) is 32.6 Å². The molecule has 0 spiro atoms. The summed E-state index contributed by atoms with van der Waals surface area (Å²) in [5.74, 6) is 0.106. The zero-order valence-corrected chi connectivity index (χ0v) is 10.7. The number of nitrogens with zero attached hydrogens (tertiary/aromatic N) is 2. The number of imidazole rings is 1. The number of amides is 1. The number of carbonyl (C=O) groups is 1. The highest BCUT2D eigenvalue weighted by Crippen LogP contribution is 2.35. The number of hydrogen-bond donors (Lipinski definition) is 2. The Kier molecular flexibility index (Phi) is 3.07. The first-order valence-electron chi connectivity index (χ1n) is 6.78. The minimum absolute atomic E-state index is 0.106. The molecule has 0 bridgehead atoms. The summed E-state index contributed by atoms with van der Waals surface area (Å²) in [4.78, 5) is 16.0. The van der Waals surface area contributed by atoms with Gasteiger partial charge in [-0.25, -0.2) is 4.98 Å². The molecule has 0 aromatic carbocycles. The first-order chi connectivity index (χ1) is 8.74. The number of aromatic nitrogens is 2. The lowest BCUT2D eigenvalue weighted by molar-refractivity contribution is -0.122. The first-order valence-corrected chi connectivity index (χ1v) is 6.78. The van der Waals surface area contributed by atoms with Crippen LogP contribution in [0, 0.1) is 0 Å². The van der Waals surface area contributed by atoms with Gasteiger partial charge in [0.05, 0.1) is 18.1 Å². The van der Waals surface area contributed by atoms with Gasteiger partial charge in [-0.3, -0.25) is 4.79 Å². The molecule has 0 saturated heterocycles. The van der Waals surface area contributed by atoms with Crippen molar-refractivity contribution in [3.8, 4) is 0 Å². The summed E-state index contributed by atoms with van der Waals surface area (Å²) in [5, 5.41) is 6.28. The van der Waals surface area contributed by atoms with E-state index in [1.165, 1.54) is 18.5 Å². The van der Waals surface area contributed by atoms with Crippen molar-refractivity contribution in [3.63, 3.8) is 0 Å². The van der Waals surface area contributed by atoms with Crippen molar-refractivity contribution in [3.05, 3.63) is 18.2 Å². The van der Waals surface area contributed by atoms with Crippen LogP contribution < -0.4 is 10.6 Å². The van der Waals surface area contributed by atoms with Crippen LogP contribution >= 0.6 is 0 Å².